The fourth-order valence-corrected chi connectivity index (χ4v) is 11.2. The lowest BCUT2D eigenvalue weighted by Crippen LogP contribution is -2.59. The van der Waals surface area contributed by atoms with Crippen LogP contribution in [0.25, 0.3) is 0 Å². The molecule has 0 heterocycles. The van der Waals surface area contributed by atoms with Gasteiger partial charge in [0, 0.05) is 9.85 Å². The van der Waals surface area contributed by atoms with Gasteiger partial charge in [0.25, 0.3) is 0 Å². The molecule has 0 saturated heterocycles. The average Bonchev–Trinajstić information content (AvgIpc) is 3.17. The van der Waals surface area contributed by atoms with Gasteiger partial charge in [0.05, 0.1) is 0 Å². The Hall–Kier alpha value is -1.48. The van der Waals surface area contributed by atoms with E-state index in [4.69, 9.17) is 0 Å². The van der Waals surface area contributed by atoms with Gasteiger partial charge in [-0.3, -0.25) is 0 Å². The van der Waals surface area contributed by atoms with Crippen LogP contribution in [0, 0.1) is 57.2 Å². The van der Waals surface area contributed by atoms with Gasteiger partial charge in [0.1, 0.15) is 0 Å². The maximum absolute atomic E-state index is 3.94. The summed E-state index contributed by atoms with van der Waals surface area (Å²) >= 11 is 0. The first-order valence-corrected chi connectivity index (χ1v) is 18.5. The standard InChI is InChI=1S/C35H60.C8H10.CH4.3H2/c1-8-12-13-14-16-27(9-2)28-17-15-18-31-33(28,6)22-20-29-30-19-21-32(5,10-3)23-25-35(30,11-4)26-24-34(29,31)7;1-4-7-8(5-2)6-3;;;;/h8-9,28-31H,1,10-26H2,2-7H3;5-6H,2H2,1,3H3;1H4;3*1H/b27-9+;8-6+;;;;/t28-,29?,30+,31?,32-,33?,34+,35?;;;;;/m0...../s1. The van der Waals surface area contributed by atoms with Crippen LogP contribution < -0.4 is 0 Å². The summed E-state index contributed by atoms with van der Waals surface area (Å²) < 4.78 is 0. The molecule has 0 aromatic rings. The van der Waals surface area contributed by atoms with E-state index in [-0.39, 0.29) is 11.7 Å². The molecule has 0 N–H and O–H groups in total. The fourth-order valence-electron chi connectivity index (χ4n) is 11.2. The van der Waals surface area contributed by atoms with Crippen LogP contribution in [0.5, 0.6) is 0 Å². The minimum Gasteiger partial charge on any atom is -0.103 e. The lowest BCUT2D eigenvalue weighted by molar-refractivity contribution is -0.172. The van der Waals surface area contributed by atoms with Gasteiger partial charge in [-0.25, -0.2) is 0 Å². The predicted molar refractivity (Wildman–Crippen MR) is 205 cm³/mol. The molecule has 0 radical (unpaired) electrons. The second-order valence-corrected chi connectivity index (χ2v) is 15.9. The van der Waals surface area contributed by atoms with Crippen molar-refractivity contribution in [2.75, 3.05) is 0 Å². The van der Waals surface area contributed by atoms with Crippen LogP contribution in [-0.4, -0.2) is 0 Å². The summed E-state index contributed by atoms with van der Waals surface area (Å²) in [5.41, 5.74) is 5.16. The topological polar surface area (TPSA) is 0 Å². The highest BCUT2D eigenvalue weighted by Crippen LogP contribution is 2.71. The summed E-state index contributed by atoms with van der Waals surface area (Å²) in [5, 5.41) is 0. The van der Waals surface area contributed by atoms with Crippen molar-refractivity contribution in [1.29, 1.82) is 0 Å². The smallest absolute Gasteiger partial charge is 0.0196 e. The van der Waals surface area contributed by atoms with Gasteiger partial charge < -0.3 is 0 Å². The van der Waals surface area contributed by atoms with Gasteiger partial charge in [-0.15, -0.1) is 12.5 Å². The molecule has 4 fully saturated rings. The molecule has 0 nitrogen and oxygen atoms in total. The van der Waals surface area contributed by atoms with E-state index in [0.717, 1.165) is 29.2 Å². The normalized spacial score (nSPS) is 38.5. The molecular weight excluding hydrogens is 528 g/mol. The van der Waals surface area contributed by atoms with Crippen LogP contribution >= 0.6 is 0 Å². The van der Waals surface area contributed by atoms with E-state index in [0.29, 0.717) is 21.7 Å². The number of hydrogen-bond acceptors (Lipinski definition) is 0. The first-order chi connectivity index (χ1) is 20.6. The van der Waals surface area contributed by atoms with Crippen LogP contribution in [0.3, 0.4) is 0 Å². The zero-order valence-corrected chi connectivity index (χ0v) is 30.1. The first-order valence-electron chi connectivity index (χ1n) is 18.5. The zero-order valence-electron chi connectivity index (χ0n) is 30.1. The van der Waals surface area contributed by atoms with Gasteiger partial charge in [-0.2, -0.15) is 0 Å². The van der Waals surface area contributed by atoms with E-state index in [2.05, 4.69) is 78.7 Å². The molecule has 8 atom stereocenters. The highest BCUT2D eigenvalue weighted by atomic mass is 14.7. The molecule has 4 rings (SSSR count). The Morgan fingerprint density at radius 1 is 0.818 bits per heavy atom. The van der Waals surface area contributed by atoms with Crippen LogP contribution in [0.4, 0.5) is 0 Å². The van der Waals surface area contributed by atoms with E-state index in [9.17, 15) is 0 Å². The fraction of sp³-hybridized carbons (Fsp3) is 0.773. The minimum atomic E-state index is 0. The second kappa shape index (κ2) is 16.9. The molecule has 4 unspecified atom stereocenters. The monoisotopic (exact) mass is 609 g/mol. The SMILES string of the molecule is C.C=C/C(C#CC)=C\C.C=CCCCC/C(=C\C)[C@@H]1CCCC2C1(C)CCC1[C@H]3CC[C@](C)(CC)CCC3(CC)CC[C@]12C.[HH].[HH].[HH]. The van der Waals surface area contributed by atoms with Crippen molar-refractivity contribution in [3.05, 3.63) is 48.6 Å². The molecule has 0 bridgehead atoms. The van der Waals surface area contributed by atoms with E-state index < -0.39 is 0 Å². The van der Waals surface area contributed by atoms with Crippen molar-refractivity contribution < 1.29 is 4.28 Å². The molecule has 0 spiro atoms. The van der Waals surface area contributed by atoms with Gasteiger partial charge in [0.2, 0.25) is 0 Å². The average molecular weight is 609 g/mol. The van der Waals surface area contributed by atoms with Crippen molar-refractivity contribution in [3.63, 3.8) is 0 Å². The van der Waals surface area contributed by atoms with E-state index in [1.54, 1.807) is 6.08 Å². The van der Waals surface area contributed by atoms with Crippen molar-refractivity contribution in [2.24, 2.45) is 45.3 Å². The van der Waals surface area contributed by atoms with Crippen molar-refractivity contribution in [3.8, 4) is 11.8 Å². The lowest BCUT2D eigenvalue weighted by Gasteiger charge is -2.67. The molecule has 4 aliphatic rings. The highest BCUT2D eigenvalue weighted by molar-refractivity contribution is 5.35. The Morgan fingerprint density at radius 2 is 1.52 bits per heavy atom. The third-order valence-corrected chi connectivity index (χ3v) is 14.2. The van der Waals surface area contributed by atoms with Gasteiger partial charge in [-0.1, -0.05) is 104 Å². The molecule has 44 heavy (non-hydrogen) atoms. The molecule has 0 aliphatic heterocycles. The van der Waals surface area contributed by atoms with Gasteiger partial charge >= 0.3 is 0 Å². The molecule has 0 heteroatoms. The number of unbranched alkanes of at least 4 members (excludes halogenated alkanes) is 2. The largest absolute Gasteiger partial charge is 0.103 e. The Morgan fingerprint density at radius 3 is 2.09 bits per heavy atom. The Bertz CT molecular complexity index is 1060. The zero-order chi connectivity index (χ0) is 31.7. The maximum atomic E-state index is 3.94. The Kier molecular flexibility index (Phi) is 14.9. The molecule has 4 aliphatic carbocycles. The van der Waals surface area contributed by atoms with Gasteiger partial charge in [0.15, 0.2) is 0 Å². The summed E-state index contributed by atoms with van der Waals surface area (Å²) in [5.74, 6) is 9.40. The summed E-state index contributed by atoms with van der Waals surface area (Å²) in [6, 6.07) is 0. The number of hydrogen-bond donors (Lipinski definition) is 0. The minimum absolute atomic E-state index is 0. The van der Waals surface area contributed by atoms with Crippen molar-refractivity contribution >= 4 is 0 Å². The summed E-state index contributed by atoms with van der Waals surface area (Å²) in [6.07, 6.45) is 32.8. The molecule has 0 aromatic heterocycles. The number of fused-ring (bicyclic) bond motifs is 5. The number of allylic oxidation sites excluding steroid dienone is 6. The number of rotatable bonds is 9. The Balaban J connectivity index is 0. The lowest BCUT2D eigenvalue weighted by atomic mass is 9.38. The Labute approximate surface area is 281 Å². The van der Waals surface area contributed by atoms with E-state index in [1.807, 2.05) is 25.5 Å². The van der Waals surface area contributed by atoms with Crippen LogP contribution in [0.15, 0.2) is 48.6 Å². The first kappa shape index (κ1) is 38.7. The predicted octanol–water partition coefficient (Wildman–Crippen LogP) is 14.8. The van der Waals surface area contributed by atoms with Crippen LogP contribution in [0.1, 0.15) is 176 Å². The third-order valence-electron chi connectivity index (χ3n) is 14.2. The molecule has 0 amide bonds. The maximum Gasteiger partial charge on any atom is 0.0196 e. The van der Waals surface area contributed by atoms with Crippen LogP contribution in [-0.2, 0) is 0 Å². The molecule has 4 saturated carbocycles. The van der Waals surface area contributed by atoms with E-state index in [1.165, 1.54) is 109 Å². The molecule has 256 valence electrons. The van der Waals surface area contributed by atoms with Crippen LogP contribution in [0.2, 0.25) is 0 Å². The quantitative estimate of drug-likeness (QED) is 0.106. The summed E-state index contributed by atoms with van der Waals surface area (Å²) in [6.45, 7) is 26.8. The summed E-state index contributed by atoms with van der Waals surface area (Å²) in [4.78, 5) is 0. The summed E-state index contributed by atoms with van der Waals surface area (Å²) in [7, 11) is 0. The van der Waals surface area contributed by atoms with Gasteiger partial charge in [-0.05, 0) is 156 Å². The van der Waals surface area contributed by atoms with Crippen molar-refractivity contribution in [1.82, 2.24) is 0 Å². The molecule has 0 aromatic carbocycles. The molecular formula is C44H80. The van der Waals surface area contributed by atoms with Crippen molar-refractivity contribution in [2.45, 2.75) is 172 Å². The highest BCUT2D eigenvalue weighted by Gasteiger charge is 2.63. The van der Waals surface area contributed by atoms with E-state index >= 15 is 0 Å². The third kappa shape index (κ3) is 7.90. The second-order valence-electron chi connectivity index (χ2n) is 15.9.